The number of hydrogen-bond donors (Lipinski definition) is 1. The highest BCUT2D eigenvalue weighted by Gasteiger charge is 2.18. The van der Waals surface area contributed by atoms with E-state index in [1.54, 1.807) is 11.3 Å². The molecule has 0 atom stereocenters. The Labute approximate surface area is 176 Å². The standard InChI is InChI=1S/C19H21N5OS3/c1-12-3-4-14(13(2)9-12)22-15(25)10-27-18-16-17(20-11-21-18)23-19(28-16)24-5-7-26-8-6-24/h3-4,9,11H,5-8,10H2,1-2H3,(H,22,25). The lowest BCUT2D eigenvalue weighted by molar-refractivity contribution is -0.113. The largest absolute Gasteiger partial charge is 0.346 e. The van der Waals surface area contributed by atoms with Gasteiger partial charge < -0.3 is 10.2 Å². The molecule has 0 aliphatic carbocycles. The van der Waals surface area contributed by atoms with E-state index in [0.717, 1.165) is 50.7 Å². The molecule has 0 bridgehead atoms. The number of benzene rings is 1. The van der Waals surface area contributed by atoms with Crippen molar-refractivity contribution in [2.75, 3.05) is 40.6 Å². The first-order chi connectivity index (χ1) is 13.6. The van der Waals surface area contributed by atoms with E-state index < -0.39 is 0 Å². The molecule has 3 aromatic rings. The van der Waals surface area contributed by atoms with Crippen molar-refractivity contribution in [1.82, 2.24) is 15.0 Å². The van der Waals surface area contributed by atoms with Crippen LogP contribution in [0, 0.1) is 13.8 Å². The van der Waals surface area contributed by atoms with Crippen molar-refractivity contribution in [3.63, 3.8) is 0 Å². The molecule has 146 valence electrons. The van der Waals surface area contributed by atoms with Crippen LogP contribution in [0.25, 0.3) is 10.3 Å². The Morgan fingerprint density at radius 3 is 2.86 bits per heavy atom. The number of nitrogens with zero attached hydrogens (tertiary/aromatic N) is 4. The van der Waals surface area contributed by atoms with Crippen molar-refractivity contribution < 1.29 is 4.79 Å². The predicted molar refractivity (Wildman–Crippen MR) is 120 cm³/mol. The van der Waals surface area contributed by atoms with E-state index in [4.69, 9.17) is 0 Å². The van der Waals surface area contributed by atoms with Gasteiger partial charge in [0.1, 0.15) is 16.1 Å². The molecule has 28 heavy (non-hydrogen) atoms. The molecule has 1 N–H and O–H groups in total. The second-order valence-electron chi connectivity index (χ2n) is 6.58. The van der Waals surface area contributed by atoms with E-state index in [2.05, 4.69) is 31.2 Å². The monoisotopic (exact) mass is 431 g/mol. The van der Waals surface area contributed by atoms with Gasteiger partial charge in [-0.15, -0.1) is 0 Å². The van der Waals surface area contributed by atoms with Gasteiger partial charge in [-0.2, -0.15) is 16.7 Å². The average molecular weight is 432 g/mol. The summed E-state index contributed by atoms with van der Waals surface area (Å²) >= 11 is 5.02. The first kappa shape index (κ1) is 19.5. The number of thioether (sulfide) groups is 2. The van der Waals surface area contributed by atoms with Crippen molar-refractivity contribution >= 4 is 61.9 Å². The number of hydrogen-bond acceptors (Lipinski definition) is 8. The summed E-state index contributed by atoms with van der Waals surface area (Å²) in [5, 5.41) is 4.80. The average Bonchev–Trinajstić information content (AvgIpc) is 3.14. The zero-order valence-corrected chi connectivity index (χ0v) is 18.2. The summed E-state index contributed by atoms with van der Waals surface area (Å²) in [6.07, 6.45) is 1.53. The molecule has 2 aromatic heterocycles. The number of carbonyl (C=O) groups is 1. The minimum atomic E-state index is -0.0403. The lowest BCUT2D eigenvalue weighted by Gasteiger charge is -2.25. The van der Waals surface area contributed by atoms with Crippen LogP contribution in [0.5, 0.6) is 0 Å². The molecule has 1 aliphatic heterocycles. The van der Waals surface area contributed by atoms with Gasteiger partial charge in [-0.05, 0) is 25.5 Å². The summed E-state index contributed by atoms with van der Waals surface area (Å²) in [5.74, 6) is 2.51. The molecule has 0 spiro atoms. The van der Waals surface area contributed by atoms with Gasteiger partial charge in [0.2, 0.25) is 5.91 Å². The Hall–Kier alpha value is -1.84. The molecule has 1 aromatic carbocycles. The maximum absolute atomic E-state index is 12.4. The van der Waals surface area contributed by atoms with Crippen LogP contribution in [0.15, 0.2) is 29.6 Å². The molecular formula is C19H21N5OS3. The molecule has 0 saturated carbocycles. The Morgan fingerprint density at radius 1 is 1.25 bits per heavy atom. The van der Waals surface area contributed by atoms with Crippen molar-refractivity contribution in [2.24, 2.45) is 0 Å². The van der Waals surface area contributed by atoms with Gasteiger partial charge in [0.15, 0.2) is 10.8 Å². The smallest absolute Gasteiger partial charge is 0.234 e. The van der Waals surface area contributed by atoms with Gasteiger partial charge in [0.25, 0.3) is 0 Å². The van der Waals surface area contributed by atoms with Gasteiger partial charge in [-0.25, -0.2) is 9.97 Å². The van der Waals surface area contributed by atoms with Crippen molar-refractivity contribution in [3.05, 3.63) is 35.7 Å². The summed E-state index contributed by atoms with van der Waals surface area (Å²) in [5.41, 5.74) is 3.81. The molecule has 1 saturated heterocycles. The molecule has 1 amide bonds. The number of rotatable bonds is 5. The maximum Gasteiger partial charge on any atom is 0.234 e. The number of nitrogens with one attached hydrogen (secondary N) is 1. The topological polar surface area (TPSA) is 71.0 Å². The maximum atomic E-state index is 12.4. The van der Waals surface area contributed by atoms with E-state index >= 15 is 0 Å². The number of aromatic nitrogens is 3. The van der Waals surface area contributed by atoms with Crippen molar-refractivity contribution in [3.8, 4) is 0 Å². The van der Waals surface area contributed by atoms with Crippen molar-refractivity contribution in [2.45, 2.75) is 18.9 Å². The molecule has 3 heterocycles. The second kappa shape index (κ2) is 8.67. The molecule has 4 rings (SSSR count). The Balaban J connectivity index is 1.45. The Bertz CT molecular complexity index is 1000. The third kappa shape index (κ3) is 4.42. The van der Waals surface area contributed by atoms with Gasteiger partial charge in [0.05, 0.1) is 5.75 Å². The van der Waals surface area contributed by atoms with Gasteiger partial charge >= 0.3 is 0 Å². The number of fused-ring (bicyclic) bond motifs is 1. The van der Waals surface area contributed by atoms with E-state index in [1.807, 2.05) is 37.7 Å². The number of thiazole rings is 1. The van der Waals surface area contributed by atoms with E-state index in [0.29, 0.717) is 11.4 Å². The normalized spacial score (nSPS) is 14.4. The minimum absolute atomic E-state index is 0.0403. The van der Waals surface area contributed by atoms with Crippen LogP contribution < -0.4 is 10.2 Å². The van der Waals surface area contributed by atoms with Crippen LogP contribution in [0.3, 0.4) is 0 Å². The third-order valence-corrected chi connectivity index (χ3v) is 7.60. The fourth-order valence-corrected chi connectivity index (χ4v) is 5.83. The molecule has 1 fully saturated rings. The summed E-state index contributed by atoms with van der Waals surface area (Å²) in [7, 11) is 0. The summed E-state index contributed by atoms with van der Waals surface area (Å²) in [6, 6.07) is 6.01. The number of anilines is 2. The number of aryl methyl sites for hydroxylation is 2. The SMILES string of the molecule is Cc1ccc(NC(=O)CSc2ncnc3nc(N4CCSCC4)sc23)c(C)c1. The Kier molecular flexibility index (Phi) is 6.03. The van der Waals surface area contributed by atoms with Crippen LogP contribution in [0.1, 0.15) is 11.1 Å². The molecular weight excluding hydrogens is 410 g/mol. The minimum Gasteiger partial charge on any atom is -0.346 e. The summed E-state index contributed by atoms with van der Waals surface area (Å²) in [6.45, 7) is 6.07. The Morgan fingerprint density at radius 2 is 2.07 bits per heavy atom. The van der Waals surface area contributed by atoms with Gasteiger partial charge in [-0.1, -0.05) is 40.8 Å². The highest BCUT2D eigenvalue weighted by molar-refractivity contribution is 8.00. The number of amides is 1. The molecule has 0 unspecified atom stereocenters. The molecule has 0 radical (unpaired) electrons. The summed E-state index contributed by atoms with van der Waals surface area (Å²) in [4.78, 5) is 28.1. The zero-order chi connectivity index (χ0) is 19.5. The highest BCUT2D eigenvalue weighted by Crippen LogP contribution is 2.34. The predicted octanol–water partition coefficient (Wildman–Crippen LogP) is 3.99. The van der Waals surface area contributed by atoms with Crippen LogP contribution in [0.4, 0.5) is 10.8 Å². The first-order valence-corrected chi connectivity index (χ1v) is 12.0. The third-order valence-electron chi connectivity index (χ3n) is 4.42. The zero-order valence-electron chi connectivity index (χ0n) is 15.8. The fraction of sp³-hybridized carbons (Fsp3) is 0.368. The van der Waals surface area contributed by atoms with Crippen molar-refractivity contribution in [1.29, 1.82) is 0 Å². The first-order valence-electron chi connectivity index (χ1n) is 9.04. The second-order valence-corrected chi connectivity index (χ2v) is 9.75. The lowest BCUT2D eigenvalue weighted by Crippen LogP contribution is -2.32. The highest BCUT2D eigenvalue weighted by atomic mass is 32.2. The van der Waals surface area contributed by atoms with Crippen LogP contribution >= 0.6 is 34.9 Å². The lowest BCUT2D eigenvalue weighted by atomic mass is 10.1. The van der Waals surface area contributed by atoms with E-state index in [1.165, 1.54) is 23.7 Å². The van der Waals surface area contributed by atoms with E-state index in [9.17, 15) is 4.79 Å². The van der Waals surface area contributed by atoms with Crippen LogP contribution in [0.2, 0.25) is 0 Å². The molecule has 6 nitrogen and oxygen atoms in total. The molecule has 1 aliphatic rings. The van der Waals surface area contributed by atoms with E-state index in [-0.39, 0.29) is 5.91 Å². The molecule has 9 heteroatoms. The van der Waals surface area contributed by atoms with Crippen LogP contribution in [-0.4, -0.2) is 51.2 Å². The quantitative estimate of drug-likeness (QED) is 0.484. The number of carbonyl (C=O) groups excluding carboxylic acids is 1. The summed E-state index contributed by atoms with van der Waals surface area (Å²) < 4.78 is 0.958. The van der Waals surface area contributed by atoms with Gasteiger partial charge in [0, 0.05) is 30.3 Å². The van der Waals surface area contributed by atoms with Crippen LogP contribution in [-0.2, 0) is 4.79 Å². The fourth-order valence-electron chi connectivity index (χ4n) is 2.99. The van der Waals surface area contributed by atoms with Gasteiger partial charge in [-0.3, -0.25) is 4.79 Å².